The third kappa shape index (κ3) is 5.30. The highest BCUT2D eigenvalue weighted by atomic mass is 32.2. The summed E-state index contributed by atoms with van der Waals surface area (Å²) in [4.78, 5) is 0. The Morgan fingerprint density at radius 3 is 2.90 bits per heavy atom. The number of para-hydroxylation sites is 1. The molecule has 0 saturated carbocycles. The van der Waals surface area contributed by atoms with E-state index < -0.39 is 15.9 Å². The number of ether oxygens (including phenoxy) is 1. The number of sulfone groups is 1. The molecule has 5 nitrogen and oxygen atoms in total. The van der Waals surface area contributed by atoms with Crippen LogP contribution in [0.2, 0.25) is 0 Å². The maximum absolute atomic E-state index is 11.5. The molecule has 0 bridgehead atoms. The highest BCUT2D eigenvalue weighted by Crippen LogP contribution is 2.16. The zero-order chi connectivity index (χ0) is 15.3. The van der Waals surface area contributed by atoms with Crippen molar-refractivity contribution in [1.29, 1.82) is 0 Å². The summed E-state index contributed by atoms with van der Waals surface area (Å²) in [6.45, 7) is 2.48. The van der Waals surface area contributed by atoms with Gasteiger partial charge in [0.25, 0.3) is 0 Å². The number of hydrogen-bond donors (Lipinski definition) is 2. The normalized spacial score (nSPS) is 22.7. The molecule has 1 aromatic rings. The van der Waals surface area contributed by atoms with Crippen molar-refractivity contribution in [2.75, 3.05) is 24.7 Å². The predicted molar refractivity (Wildman–Crippen MR) is 82.4 cm³/mol. The minimum atomic E-state index is -2.92. The van der Waals surface area contributed by atoms with Gasteiger partial charge >= 0.3 is 0 Å². The lowest BCUT2D eigenvalue weighted by Gasteiger charge is -2.24. The molecule has 2 unspecified atom stereocenters. The quantitative estimate of drug-likeness (QED) is 0.816. The van der Waals surface area contributed by atoms with Gasteiger partial charge in [-0.05, 0) is 31.4 Å². The van der Waals surface area contributed by atoms with Gasteiger partial charge in [0.2, 0.25) is 0 Å². The van der Waals surface area contributed by atoms with Gasteiger partial charge < -0.3 is 15.2 Å². The van der Waals surface area contributed by atoms with Crippen molar-refractivity contribution in [3.05, 3.63) is 29.8 Å². The first kappa shape index (κ1) is 16.3. The van der Waals surface area contributed by atoms with E-state index in [2.05, 4.69) is 5.32 Å². The van der Waals surface area contributed by atoms with E-state index in [1.807, 2.05) is 31.2 Å². The SMILES string of the molecule is Cc1ccccc1OCC(O)CNC1CCCS(=O)(=O)C1. The third-order valence-corrected chi connectivity index (χ3v) is 5.45. The highest BCUT2D eigenvalue weighted by Gasteiger charge is 2.24. The molecule has 2 N–H and O–H groups in total. The topological polar surface area (TPSA) is 75.6 Å². The second kappa shape index (κ2) is 7.24. The second-order valence-corrected chi connectivity index (χ2v) is 7.82. The molecule has 2 atom stereocenters. The fraction of sp³-hybridized carbons (Fsp3) is 0.600. The van der Waals surface area contributed by atoms with Crippen molar-refractivity contribution in [2.24, 2.45) is 0 Å². The van der Waals surface area contributed by atoms with E-state index in [1.165, 1.54) is 0 Å². The first-order chi connectivity index (χ1) is 9.96. The summed E-state index contributed by atoms with van der Waals surface area (Å²) in [5, 5.41) is 13.0. The van der Waals surface area contributed by atoms with Crippen LogP contribution in [0.25, 0.3) is 0 Å². The van der Waals surface area contributed by atoms with Crippen molar-refractivity contribution >= 4 is 9.84 Å². The molecule has 1 aliphatic rings. The van der Waals surface area contributed by atoms with Crippen LogP contribution in [0.1, 0.15) is 18.4 Å². The van der Waals surface area contributed by atoms with Crippen LogP contribution in [-0.2, 0) is 9.84 Å². The largest absolute Gasteiger partial charge is 0.491 e. The van der Waals surface area contributed by atoms with Crippen LogP contribution in [0, 0.1) is 6.92 Å². The fourth-order valence-electron chi connectivity index (χ4n) is 2.45. The molecule has 2 rings (SSSR count). The van der Waals surface area contributed by atoms with Crippen LogP contribution < -0.4 is 10.1 Å². The molecule has 6 heteroatoms. The third-order valence-electron chi connectivity index (χ3n) is 3.63. The van der Waals surface area contributed by atoms with Crippen LogP contribution in [0.15, 0.2) is 24.3 Å². The molecular weight excluding hydrogens is 290 g/mol. The Balaban J connectivity index is 1.73. The van der Waals surface area contributed by atoms with Gasteiger partial charge in [-0.15, -0.1) is 0 Å². The van der Waals surface area contributed by atoms with Gasteiger partial charge in [0.1, 0.15) is 18.5 Å². The molecule has 0 amide bonds. The van der Waals surface area contributed by atoms with Crippen molar-refractivity contribution in [3.8, 4) is 5.75 Å². The summed E-state index contributed by atoms with van der Waals surface area (Å²) in [5.41, 5.74) is 1.02. The van der Waals surface area contributed by atoms with Gasteiger partial charge in [0.15, 0.2) is 9.84 Å². The van der Waals surface area contributed by atoms with Crippen molar-refractivity contribution in [3.63, 3.8) is 0 Å². The number of aryl methyl sites for hydroxylation is 1. The fourth-order valence-corrected chi connectivity index (χ4v) is 4.12. The van der Waals surface area contributed by atoms with Gasteiger partial charge in [-0.25, -0.2) is 8.42 Å². The van der Waals surface area contributed by atoms with Gasteiger partial charge in [-0.2, -0.15) is 0 Å². The summed E-state index contributed by atoms with van der Waals surface area (Å²) in [6.07, 6.45) is 0.870. The van der Waals surface area contributed by atoms with E-state index in [0.29, 0.717) is 13.0 Å². The van der Waals surface area contributed by atoms with E-state index >= 15 is 0 Å². The van der Waals surface area contributed by atoms with Crippen LogP contribution in [0.4, 0.5) is 0 Å². The summed E-state index contributed by atoms with van der Waals surface area (Å²) in [5.74, 6) is 1.21. The lowest BCUT2D eigenvalue weighted by molar-refractivity contribution is 0.103. The number of nitrogens with one attached hydrogen (secondary N) is 1. The monoisotopic (exact) mass is 313 g/mol. The molecule has 0 aromatic heterocycles. The summed E-state index contributed by atoms with van der Waals surface area (Å²) >= 11 is 0. The maximum atomic E-state index is 11.5. The first-order valence-electron chi connectivity index (χ1n) is 7.26. The summed E-state index contributed by atoms with van der Waals surface area (Å²) in [6, 6.07) is 7.58. The van der Waals surface area contributed by atoms with Crippen molar-refractivity contribution in [2.45, 2.75) is 31.9 Å². The Morgan fingerprint density at radius 1 is 1.43 bits per heavy atom. The zero-order valence-electron chi connectivity index (χ0n) is 12.3. The molecule has 1 aromatic carbocycles. The average molecular weight is 313 g/mol. The van der Waals surface area contributed by atoms with Gasteiger partial charge in [-0.3, -0.25) is 0 Å². The maximum Gasteiger partial charge on any atom is 0.151 e. The second-order valence-electron chi connectivity index (χ2n) is 5.59. The molecule has 118 valence electrons. The molecule has 1 fully saturated rings. The van der Waals surface area contributed by atoms with E-state index in [-0.39, 0.29) is 24.2 Å². The summed E-state index contributed by atoms with van der Waals surface area (Å²) < 4.78 is 28.6. The molecule has 21 heavy (non-hydrogen) atoms. The zero-order valence-corrected chi connectivity index (χ0v) is 13.1. The van der Waals surface area contributed by atoms with Gasteiger partial charge in [0, 0.05) is 12.6 Å². The number of rotatable bonds is 6. The predicted octanol–water partition coefficient (Wildman–Crippen LogP) is 0.902. The highest BCUT2D eigenvalue weighted by molar-refractivity contribution is 7.91. The molecule has 1 heterocycles. The van der Waals surface area contributed by atoms with Crippen LogP contribution >= 0.6 is 0 Å². The Morgan fingerprint density at radius 2 is 2.19 bits per heavy atom. The van der Waals surface area contributed by atoms with Crippen molar-refractivity contribution < 1.29 is 18.3 Å². The average Bonchev–Trinajstić information content (AvgIpc) is 2.43. The molecule has 0 radical (unpaired) electrons. The van der Waals surface area contributed by atoms with E-state index in [0.717, 1.165) is 17.7 Å². The van der Waals surface area contributed by atoms with Crippen LogP contribution in [-0.4, -0.2) is 50.3 Å². The Kier molecular flexibility index (Phi) is 5.61. The lowest BCUT2D eigenvalue weighted by Crippen LogP contribution is -2.44. The molecule has 0 aliphatic carbocycles. The van der Waals surface area contributed by atoms with Crippen LogP contribution in [0.5, 0.6) is 5.75 Å². The minimum absolute atomic E-state index is 0.0585. The van der Waals surface area contributed by atoms with Crippen molar-refractivity contribution in [1.82, 2.24) is 5.32 Å². The Bertz CT molecular complexity index is 559. The molecule has 1 saturated heterocycles. The van der Waals surface area contributed by atoms with E-state index in [9.17, 15) is 13.5 Å². The van der Waals surface area contributed by atoms with Gasteiger partial charge in [0.05, 0.1) is 11.5 Å². The Hall–Kier alpha value is -1.11. The molecule has 0 spiro atoms. The van der Waals surface area contributed by atoms with E-state index in [4.69, 9.17) is 4.74 Å². The number of hydrogen-bond acceptors (Lipinski definition) is 5. The molecule has 1 aliphatic heterocycles. The number of aliphatic hydroxyl groups is 1. The Labute approximate surface area is 126 Å². The van der Waals surface area contributed by atoms with Crippen LogP contribution in [0.3, 0.4) is 0 Å². The minimum Gasteiger partial charge on any atom is -0.491 e. The first-order valence-corrected chi connectivity index (χ1v) is 9.09. The molecular formula is C15H23NO4S. The summed E-state index contributed by atoms with van der Waals surface area (Å²) in [7, 11) is -2.92. The lowest BCUT2D eigenvalue weighted by atomic mass is 10.2. The van der Waals surface area contributed by atoms with Gasteiger partial charge in [-0.1, -0.05) is 18.2 Å². The van der Waals surface area contributed by atoms with E-state index in [1.54, 1.807) is 0 Å². The smallest absolute Gasteiger partial charge is 0.151 e. The number of aliphatic hydroxyl groups excluding tert-OH is 1. The standard InChI is InChI=1S/C15H23NO4S/c1-12-5-2-3-7-15(12)20-10-14(17)9-16-13-6-4-8-21(18,19)11-13/h2-3,5,7,13-14,16-17H,4,6,8-11H2,1H3. The number of benzene rings is 1.